The van der Waals surface area contributed by atoms with Gasteiger partial charge < -0.3 is 11.1 Å². The Labute approximate surface area is 121 Å². The van der Waals surface area contributed by atoms with Gasteiger partial charge in [0.1, 0.15) is 5.82 Å². The van der Waals surface area contributed by atoms with Gasteiger partial charge in [-0.25, -0.2) is 4.98 Å². The van der Waals surface area contributed by atoms with Gasteiger partial charge in [0.15, 0.2) is 0 Å². The number of nitrogens with zero attached hydrogens (tertiary/aromatic N) is 1. The fourth-order valence-electron chi connectivity index (χ4n) is 2.40. The van der Waals surface area contributed by atoms with Gasteiger partial charge in [-0.3, -0.25) is 0 Å². The number of nitrogen functional groups attached to an aromatic ring is 1. The van der Waals surface area contributed by atoms with Gasteiger partial charge in [-0.1, -0.05) is 38.1 Å². The highest BCUT2D eigenvalue weighted by Gasteiger charge is 2.11. The molecule has 2 rings (SSSR count). The van der Waals surface area contributed by atoms with Gasteiger partial charge in [0, 0.05) is 12.2 Å². The van der Waals surface area contributed by atoms with E-state index in [4.69, 9.17) is 5.73 Å². The van der Waals surface area contributed by atoms with Crippen molar-refractivity contribution in [2.75, 3.05) is 12.3 Å². The summed E-state index contributed by atoms with van der Waals surface area (Å²) in [5.74, 6) is 0.582. The molecule has 0 fully saturated rings. The van der Waals surface area contributed by atoms with Gasteiger partial charge in [-0.05, 0) is 48.2 Å². The standard InChI is InChI=1S/C17H23N3/c1-3-13-5-7-15(8-6-13)16(19-4-2)11-14-9-10-20-17(18)12-14/h5-10,12,16,19H,3-4,11H2,1-2H3,(H2,18,20). The van der Waals surface area contributed by atoms with Crippen molar-refractivity contribution in [2.45, 2.75) is 32.7 Å². The molecule has 1 heterocycles. The molecule has 0 spiro atoms. The van der Waals surface area contributed by atoms with Gasteiger partial charge in [0.2, 0.25) is 0 Å². The van der Waals surface area contributed by atoms with Crippen molar-refractivity contribution in [3.8, 4) is 0 Å². The van der Waals surface area contributed by atoms with E-state index in [1.54, 1.807) is 6.20 Å². The molecule has 1 aromatic carbocycles. The van der Waals surface area contributed by atoms with Crippen molar-refractivity contribution in [1.82, 2.24) is 10.3 Å². The second-order valence-electron chi connectivity index (χ2n) is 5.00. The van der Waals surface area contributed by atoms with Crippen LogP contribution < -0.4 is 11.1 Å². The Morgan fingerprint density at radius 3 is 2.45 bits per heavy atom. The zero-order valence-corrected chi connectivity index (χ0v) is 12.3. The lowest BCUT2D eigenvalue weighted by Gasteiger charge is -2.19. The molecule has 0 saturated carbocycles. The van der Waals surface area contributed by atoms with Crippen LogP contribution in [-0.2, 0) is 12.8 Å². The highest BCUT2D eigenvalue weighted by atomic mass is 14.9. The quantitative estimate of drug-likeness (QED) is 0.847. The summed E-state index contributed by atoms with van der Waals surface area (Å²) < 4.78 is 0. The third-order valence-electron chi connectivity index (χ3n) is 3.53. The molecule has 1 atom stereocenters. The van der Waals surface area contributed by atoms with E-state index in [0.717, 1.165) is 19.4 Å². The molecular formula is C17H23N3. The second kappa shape index (κ2) is 7.06. The third-order valence-corrected chi connectivity index (χ3v) is 3.53. The number of rotatable bonds is 6. The average Bonchev–Trinajstić information content (AvgIpc) is 2.47. The first-order chi connectivity index (χ1) is 9.72. The van der Waals surface area contributed by atoms with Crippen molar-refractivity contribution in [2.24, 2.45) is 0 Å². The summed E-state index contributed by atoms with van der Waals surface area (Å²) >= 11 is 0. The fraction of sp³-hybridized carbons (Fsp3) is 0.353. The maximum absolute atomic E-state index is 5.75. The lowest BCUT2D eigenvalue weighted by Crippen LogP contribution is -2.23. The first-order valence-corrected chi connectivity index (χ1v) is 7.25. The second-order valence-corrected chi connectivity index (χ2v) is 5.00. The lowest BCUT2D eigenvalue weighted by atomic mass is 9.98. The summed E-state index contributed by atoms with van der Waals surface area (Å²) in [5.41, 5.74) is 9.66. The summed E-state index contributed by atoms with van der Waals surface area (Å²) in [5, 5.41) is 3.54. The van der Waals surface area contributed by atoms with Crippen LogP contribution in [0.2, 0.25) is 0 Å². The Balaban J connectivity index is 2.17. The molecule has 1 unspecified atom stereocenters. The van der Waals surface area contributed by atoms with E-state index in [1.165, 1.54) is 16.7 Å². The van der Waals surface area contributed by atoms with E-state index < -0.39 is 0 Å². The molecule has 1 aromatic heterocycles. The number of benzene rings is 1. The normalized spacial score (nSPS) is 12.3. The van der Waals surface area contributed by atoms with Crippen LogP contribution in [0.15, 0.2) is 42.6 Å². The van der Waals surface area contributed by atoms with Crippen molar-refractivity contribution in [3.63, 3.8) is 0 Å². The minimum Gasteiger partial charge on any atom is -0.384 e. The molecule has 106 valence electrons. The van der Waals surface area contributed by atoms with Crippen LogP contribution in [0.25, 0.3) is 0 Å². The monoisotopic (exact) mass is 269 g/mol. The number of hydrogen-bond donors (Lipinski definition) is 2. The van der Waals surface area contributed by atoms with Crippen LogP contribution in [0.5, 0.6) is 0 Å². The van der Waals surface area contributed by atoms with Crippen molar-refractivity contribution in [3.05, 3.63) is 59.3 Å². The molecule has 20 heavy (non-hydrogen) atoms. The first-order valence-electron chi connectivity index (χ1n) is 7.25. The predicted molar refractivity (Wildman–Crippen MR) is 84.6 cm³/mol. The highest BCUT2D eigenvalue weighted by molar-refractivity contribution is 5.33. The van der Waals surface area contributed by atoms with Gasteiger partial charge in [0.05, 0.1) is 0 Å². The van der Waals surface area contributed by atoms with E-state index in [0.29, 0.717) is 11.9 Å². The summed E-state index contributed by atoms with van der Waals surface area (Å²) in [7, 11) is 0. The maximum Gasteiger partial charge on any atom is 0.123 e. The van der Waals surface area contributed by atoms with E-state index >= 15 is 0 Å². The molecule has 0 bridgehead atoms. The molecular weight excluding hydrogens is 246 g/mol. The topological polar surface area (TPSA) is 50.9 Å². The number of anilines is 1. The molecule has 2 aromatic rings. The van der Waals surface area contributed by atoms with Crippen LogP contribution in [0, 0.1) is 0 Å². The lowest BCUT2D eigenvalue weighted by molar-refractivity contribution is 0.549. The number of aromatic nitrogens is 1. The van der Waals surface area contributed by atoms with Gasteiger partial charge >= 0.3 is 0 Å². The van der Waals surface area contributed by atoms with Crippen LogP contribution in [0.3, 0.4) is 0 Å². The Kier molecular flexibility index (Phi) is 5.13. The molecule has 3 nitrogen and oxygen atoms in total. The zero-order valence-electron chi connectivity index (χ0n) is 12.3. The van der Waals surface area contributed by atoms with Crippen molar-refractivity contribution in [1.29, 1.82) is 0 Å². The van der Waals surface area contributed by atoms with Crippen LogP contribution >= 0.6 is 0 Å². The molecule has 3 heteroatoms. The Bertz CT molecular complexity index is 534. The molecule has 0 aliphatic rings. The number of pyridine rings is 1. The summed E-state index contributed by atoms with van der Waals surface area (Å²) in [6.07, 6.45) is 3.77. The molecule has 0 amide bonds. The Morgan fingerprint density at radius 2 is 1.85 bits per heavy atom. The number of likely N-dealkylation sites (N-methyl/N-ethyl adjacent to an activating group) is 1. The largest absolute Gasteiger partial charge is 0.384 e. The molecule has 0 saturated heterocycles. The average molecular weight is 269 g/mol. The van der Waals surface area contributed by atoms with Crippen molar-refractivity contribution < 1.29 is 0 Å². The third kappa shape index (κ3) is 3.81. The summed E-state index contributed by atoms with van der Waals surface area (Å²) in [4.78, 5) is 4.05. The Hall–Kier alpha value is -1.87. The SMILES string of the molecule is CCNC(Cc1ccnc(N)c1)c1ccc(CC)cc1. The van der Waals surface area contributed by atoms with Crippen molar-refractivity contribution >= 4 is 5.82 Å². The van der Waals surface area contributed by atoms with Gasteiger partial charge in [0.25, 0.3) is 0 Å². The minimum absolute atomic E-state index is 0.313. The zero-order chi connectivity index (χ0) is 14.4. The highest BCUT2D eigenvalue weighted by Crippen LogP contribution is 2.20. The predicted octanol–water partition coefficient (Wildman–Crippen LogP) is 3.12. The minimum atomic E-state index is 0.313. The smallest absolute Gasteiger partial charge is 0.123 e. The number of hydrogen-bond acceptors (Lipinski definition) is 3. The summed E-state index contributed by atoms with van der Waals surface area (Å²) in [6, 6.07) is 13.1. The van der Waals surface area contributed by atoms with E-state index in [1.807, 2.05) is 12.1 Å². The number of nitrogens with one attached hydrogen (secondary N) is 1. The molecule has 0 aliphatic heterocycles. The molecule has 0 aliphatic carbocycles. The van der Waals surface area contributed by atoms with E-state index in [-0.39, 0.29) is 0 Å². The number of aryl methyl sites for hydroxylation is 1. The maximum atomic E-state index is 5.75. The molecule has 3 N–H and O–H groups in total. The fourth-order valence-corrected chi connectivity index (χ4v) is 2.40. The number of nitrogens with two attached hydrogens (primary N) is 1. The van der Waals surface area contributed by atoms with E-state index in [9.17, 15) is 0 Å². The molecule has 0 radical (unpaired) electrons. The van der Waals surface area contributed by atoms with Crippen LogP contribution in [-0.4, -0.2) is 11.5 Å². The first kappa shape index (κ1) is 14.5. The van der Waals surface area contributed by atoms with E-state index in [2.05, 4.69) is 48.4 Å². The van der Waals surface area contributed by atoms with Crippen LogP contribution in [0.1, 0.15) is 36.6 Å². The van der Waals surface area contributed by atoms with Gasteiger partial charge in [-0.15, -0.1) is 0 Å². The summed E-state index contributed by atoms with van der Waals surface area (Å²) in [6.45, 7) is 5.26. The van der Waals surface area contributed by atoms with Crippen LogP contribution in [0.4, 0.5) is 5.82 Å². The van der Waals surface area contributed by atoms with Gasteiger partial charge in [-0.2, -0.15) is 0 Å². The Morgan fingerprint density at radius 1 is 1.10 bits per heavy atom.